The normalized spacial score (nSPS) is 11.2. The Bertz CT molecular complexity index is 1570. The van der Waals surface area contributed by atoms with E-state index in [4.69, 9.17) is 9.47 Å². The summed E-state index contributed by atoms with van der Waals surface area (Å²) in [5.74, 6) is 1.07. The third kappa shape index (κ3) is 6.49. The molecule has 0 radical (unpaired) electrons. The summed E-state index contributed by atoms with van der Waals surface area (Å²) < 4.78 is 14.0. The van der Waals surface area contributed by atoms with Crippen LogP contribution in [-0.4, -0.2) is 35.5 Å². The maximum Gasteiger partial charge on any atom is 0.282 e. The number of halogens is 2. The lowest BCUT2D eigenvalue weighted by atomic mass is 10.2. The van der Waals surface area contributed by atoms with Crippen LogP contribution in [0.4, 0.5) is 5.69 Å². The highest BCUT2D eigenvalue weighted by atomic mass is 79.9. The van der Waals surface area contributed by atoms with Crippen molar-refractivity contribution in [3.05, 3.63) is 90.8 Å². The average molecular weight is 642 g/mol. The molecular formula is C28H26Br2N4O4. The van der Waals surface area contributed by atoms with Crippen LogP contribution in [0.2, 0.25) is 0 Å². The highest BCUT2D eigenvalue weighted by Crippen LogP contribution is 2.36. The Hall–Kier alpha value is -3.50. The van der Waals surface area contributed by atoms with Crippen molar-refractivity contribution < 1.29 is 14.3 Å². The maximum absolute atomic E-state index is 13.2. The second kappa shape index (κ2) is 12.4. The van der Waals surface area contributed by atoms with Gasteiger partial charge in [0.2, 0.25) is 0 Å². The monoisotopic (exact) mass is 640 g/mol. The van der Waals surface area contributed by atoms with E-state index in [1.807, 2.05) is 50.2 Å². The molecule has 8 nitrogen and oxygen atoms in total. The van der Waals surface area contributed by atoms with Crippen LogP contribution in [0.3, 0.4) is 0 Å². The van der Waals surface area contributed by atoms with E-state index in [0.717, 1.165) is 16.5 Å². The van der Waals surface area contributed by atoms with Gasteiger partial charge in [-0.25, -0.2) is 4.98 Å². The summed E-state index contributed by atoms with van der Waals surface area (Å²) in [6, 6.07) is 16.4. The Morgan fingerprint density at radius 2 is 1.89 bits per heavy atom. The van der Waals surface area contributed by atoms with Crippen molar-refractivity contribution in [2.75, 3.05) is 19.0 Å². The number of rotatable bonds is 9. The van der Waals surface area contributed by atoms with Crippen molar-refractivity contribution >= 4 is 60.6 Å². The minimum absolute atomic E-state index is 0.204. The zero-order valence-electron chi connectivity index (χ0n) is 21.1. The van der Waals surface area contributed by atoms with Gasteiger partial charge in [0.1, 0.15) is 5.82 Å². The number of amides is 1. The van der Waals surface area contributed by atoms with Crippen molar-refractivity contribution in [1.82, 2.24) is 9.66 Å². The van der Waals surface area contributed by atoms with Crippen LogP contribution in [0.15, 0.2) is 73.4 Å². The molecule has 196 valence electrons. The first-order chi connectivity index (χ1) is 18.3. The van der Waals surface area contributed by atoms with Crippen LogP contribution < -0.4 is 20.3 Å². The number of carbonyl (C=O) groups excluding carboxylic acids is 1. The van der Waals surface area contributed by atoms with Gasteiger partial charge in [-0.1, -0.05) is 40.5 Å². The first kappa shape index (κ1) is 27.5. The lowest BCUT2D eigenvalue weighted by Gasteiger charge is -2.14. The topological polar surface area (TPSA) is 94.8 Å². The number of methoxy groups -OCH3 is 1. The fraction of sp³-hybridized carbons (Fsp3) is 0.214. The van der Waals surface area contributed by atoms with E-state index in [1.54, 1.807) is 24.4 Å². The molecule has 0 bridgehead atoms. The molecule has 0 saturated heterocycles. The Morgan fingerprint density at radius 3 is 2.61 bits per heavy atom. The predicted molar refractivity (Wildman–Crippen MR) is 157 cm³/mol. The molecule has 1 aromatic heterocycles. The lowest BCUT2D eigenvalue weighted by Crippen LogP contribution is -2.22. The van der Waals surface area contributed by atoms with Crippen LogP contribution in [0.25, 0.3) is 10.9 Å². The second-order valence-electron chi connectivity index (χ2n) is 8.54. The Labute approximate surface area is 236 Å². The van der Waals surface area contributed by atoms with Gasteiger partial charge < -0.3 is 14.8 Å². The largest absolute Gasteiger partial charge is 0.493 e. The molecule has 0 aliphatic rings. The number of fused-ring (bicyclic) bond motifs is 1. The molecule has 1 heterocycles. The van der Waals surface area contributed by atoms with Crippen LogP contribution in [0.1, 0.15) is 30.3 Å². The minimum Gasteiger partial charge on any atom is -0.493 e. The summed E-state index contributed by atoms with van der Waals surface area (Å²) in [7, 11) is 1.51. The summed E-state index contributed by atoms with van der Waals surface area (Å²) in [6.07, 6.45) is 2.98. The van der Waals surface area contributed by atoms with Gasteiger partial charge in [-0.05, 0) is 77.3 Å². The zero-order valence-corrected chi connectivity index (χ0v) is 24.3. The van der Waals surface area contributed by atoms with Crippen molar-refractivity contribution in [3.8, 4) is 11.5 Å². The zero-order chi connectivity index (χ0) is 27.2. The summed E-state index contributed by atoms with van der Waals surface area (Å²) in [5, 5.41) is 7.74. The highest BCUT2D eigenvalue weighted by molar-refractivity contribution is 9.10. The number of nitrogens with zero attached hydrogens (tertiary/aromatic N) is 3. The number of hydrogen-bond donors (Lipinski definition) is 1. The van der Waals surface area contributed by atoms with E-state index in [0.29, 0.717) is 50.4 Å². The molecule has 0 spiro atoms. The molecule has 0 atom stereocenters. The smallest absolute Gasteiger partial charge is 0.282 e. The fourth-order valence-electron chi connectivity index (χ4n) is 3.75. The first-order valence-electron chi connectivity index (χ1n) is 11.9. The number of benzene rings is 3. The number of hydrogen-bond acceptors (Lipinski definition) is 6. The molecule has 0 aliphatic carbocycles. The molecule has 0 aliphatic heterocycles. The fourth-order valence-corrected chi connectivity index (χ4v) is 4.69. The van der Waals surface area contributed by atoms with E-state index in [1.165, 1.54) is 11.8 Å². The molecule has 10 heteroatoms. The van der Waals surface area contributed by atoms with Crippen LogP contribution in [0.5, 0.6) is 11.5 Å². The average Bonchev–Trinajstić information content (AvgIpc) is 2.89. The molecule has 1 N–H and O–H groups in total. The number of aryl methyl sites for hydroxylation is 2. The summed E-state index contributed by atoms with van der Waals surface area (Å²) in [6.45, 7) is 3.80. The van der Waals surface area contributed by atoms with Crippen molar-refractivity contribution in [2.24, 2.45) is 5.10 Å². The molecule has 38 heavy (non-hydrogen) atoms. The summed E-state index contributed by atoms with van der Waals surface area (Å²) in [5.41, 5.74) is 2.84. The third-order valence-corrected chi connectivity index (χ3v) is 6.69. The van der Waals surface area contributed by atoms with E-state index < -0.39 is 0 Å². The number of anilines is 1. The molecule has 4 aromatic rings. The number of ether oxygens (including phenoxy) is 2. The Morgan fingerprint density at radius 1 is 1.13 bits per heavy atom. The molecule has 0 fully saturated rings. The van der Waals surface area contributed by atoms with Gasteiger partial charge in [0, 0.05) is 16.6 Å². The van der Waals surface area contributed by atoms with Crippen molar-refractivity contribution in [3.63, 3.8) is 0 Å². The van der Waals surface area contributed by atoms with Crippen molar-refractivity contribution in [1.29, 1.82) is 0 Å². The molecular weight excluding hydrogens is 616 g/mol. The quantitative estimate of drug-likeness (QED) is 0.223. The number of carbonyl (C=O) groups is 1. The Balaban J connectivity index is 1.57. The van der Waals surface area contributed by atoms with Gasteiger partial charge in [0.25, 0.3) is 11.5 Å². The number of nitrogens with one attached hydrogen (secondary N) is 1. The maximum atomic E-state index is 13.2. The van der Waals surface area contributed by atoms with Crippen LogP contribution >= 0.6 is 31.9 Å². The van der Waals surface area contributed by atoms with E-state index in [-0.39, 0.29) is 18.1 Å². The lowest BCUT2D eigenvalue weighted by molar-refractivity contribution is -0.118. The van der Waals surface area contributed by atoms with Gasteiger partial charge in [-0.2, -0.15) is 9.78 Å². The molecule has 0 saturated carbocycles. The van der Waals surface area contributed by atoms with E-state index in [9.17, 15) is 9.59 Å². The Kier molecular flexibility index (Phi) is 8.96. The molecule has 0 unspecified atom stereocenters. The van der Waals surface area contributed by atoms with Crippen LogP contribution in [-0.2, 0) is 11.2 Å². The number of aromatic nitrogens is 2. The SMILES string of the molecule is CCCc1nc2ccc(Br)cc2c(=O)n1N=Cc1cc(Br)c(OCC(=O)Nc2ccc(C)cc2)c(OC)c1. The van der Waals surface area contributed by atoms with Gasteiger partial charge in [0.15, 0.2) is 18.1 Å². The van der Waals surface area contributed by atoms with E-state index >= 15 is 0 Å². The molecule has 4 rings (SSSR count). The highest BCUT2D eigenvalue weighted by Gasteiger charge is 2.15. The van der Waals surface area contributed by atoms with E-state index in [2.05, 4.69) is 47.3 Å². The standard InChI is InChI=1S/C28H26Br2N4O4/c1-4-5-25-33-23-11-8-19(29)14-21(23)28(36)34(25)31-15-18-12-22(30)27(24(13-18)37-3)38-16-26(35)32-20-9-6-17(2)7-10-20/h6-15H,4-5,16H2,1-3H3,(H,32,35). The van der Waals surface area contributed by atoms with Gasteiger partial charge in [0.05, 0.1) is 28.7 Å². The summed E-state index contributed by atoms with van der Waals surface area (Å²) in [4.78, 5) is 30.3. The molecule has 1 amide bonds. The molecule has 3 aromatic carbocycles. The third-order valence-electron chi connectivity index (χ3n) is 5.61. The predicted octanol–water partition coefficient (Wildman–Crippen LogP) is 6.09. The van der Waals surface area contributed by atoms with Crippen molar-refractivity contribution in [2.45, 2.75) is 26.7 Å². The summed E-state index contributed by atoms with van der Waals surface area (Å²) >= 11 is 6.92. The second-order valence-corrected chi connectivity index (χ2v) is 10.3. The first-order valence-corrected chi connectivity index (χ1v) is 13.5. The van der Waals surface area contributed by atoms with Gasteiger partial charge >= 0.3 is 0 Å². The van der Waals surface area contributed by atoms with Crippen LogP contribution in [0, 0.1) is 6.92 Å². The van der Waals surface area contributed by atoms with Gasteiger partial charge in [-0.15, -0.1) is 0 Å². The minimum atomic E-state index is -0.299. The van der Waals surface area contributed by atoms with Gasteiger partial charge in [-0.3, -0.25) is 9.59 Å².